The first-order chi connectivity index (χ1) is 15.8. The van der Waals surface area contributed by atoms with Gasteiger partial charge >= 0.3 is 0 Å². The molecule has 1 heterocycles. The summed E-state index contributed by atoms with van der Waals surface area (Å²) in [4.78, 5) is 44.0. The van der Waals surface area contributed by atoms with Gasteiger partial charge in [-0.25, -0.2) is 17.7 Å². The number of nitrogens with two attached hydrogens (primary N) is 1. The van der Waals surface area contributed by atoms with Crippen molar-refractivity contribution in [1.29, 1.82) is 0 Å². The summed E-state index contributed by atoms with van der Waals surface area (Å²) in [6, 6.07) is 6.94. The molecule has 1 fully saturated rings. The van der Waals surface area contributed by atoms with Crippen molar-refractivity contribution in [3.05, 3.63) is 36.0 Å². The van der Waals surface area contributed by atoms with Gasteiger partial charge in [-0.05, 0) is 44.0 Å². The van der Waals surface area contributed by atoms with E-state index >= 15 is 0 Å². The molecule has 1 aliphatic carbocycles. The second kappa shape index (κ2) is 10.3. The molecule has 33 heavy (non-hydrogen) atoms. The van der Waals surface area contributed by atoms with Gasteiger partial charge in [-0.2, -0.15) is 4.98 Å². The number of amides is 3. The van der Waals surface area contributed by atoms with Crippen LogP contribution < -0.4 is 21.3 Å². The fourth-order valence-corrected chi connectivity index (χ4v) is 3.71. The van der Waals surface area contributed by atoms with Crippen LogP contribution in [0.4, 0.5) is 23.1 Å². The number of nitrogens with one attached hydrogen (secondary N) is 2. The Labute approximate surface area is 191 Å². The average Bonchev–Trinajstić information content (AvgIpc) is 3.61. The van der Waals surface area contributed by atoms with Gasteiger partial charge in [0.15, 0.2) is 0 Å². The first kappa shape index (κ1) is 23.9. The number of nitrogens with zero attached hydrogens (tertiary/aromatic N) is 4. The van der Waals surface area contributed by atoms with Crippen LogP contribution in [0, 0.1) is 0 Å². The molecule has 0 spiro atoms. The van der Waals surface area contributed by atoms with Crippen LogP contribution in [0.25, 0.3) is 0 Å². The van der Waals surface area contributed by atoms with Crippen LogP contribution in [0.1, 0.15) is 30.1 Å². The van der Waals surface area contributed by atoms with E-state index in [2.05, 4.69) is 20.6 Å². The highest BCUT2D eigenvalue weighted by molar-refractivity contribution is 7.89. The van der Waals surface area contributed by atoms with E-state index in [4.69, 9.17) is 5.73 Å². The summed E-state index contributed by atoms with van der Waals surface area (Å²) >= 11 is 0. The van der Waals surface area contributed by atoms with Crippen molar-refractivity contribution in [1.82, 2.24) is 14.3 Å². The highest BCUT2D eigenvalue weighted by atomic mass is 32.2. The number of carbonyl (C=O) groups excluding carboxylic acids is 3. The lowest BCUT2D eigenvalue weighted by Crippen LogP contribution is -2.38. The molecule has 1 aromatic heterocycles. The smallest absolute Gasteiger partial charge is 0.254 e. The minimum atomic E-state index is -3.69. The molecule has 12 nitrogen and oxygen atoms in total. The number of primary amides is 1. The molecule has 0 aliphatic heterocycles. The number of hydrogen-bond acceptors (Lipinski definition) is 9. The zero-order chi connectivity index (χ0) is 24.0. The summed E-state index contributed by atoms with van der Waals surface area (Å²) in [5.74, 6) is -0.210. The molecule has 0 unspecified atom stereocenters. The molecule has 13 heteroatoms. The Hall–Kier alpha value is -3.74. The largest absolute Gasteiger partial charge is 0.367 e. The van der Waals surface area contributed by atoms with Crippen LogP contribution in [0.15, 0.2) is 30.5 Å². The Morgan fingerprint density at radius 3 is 2.42 bits per heavy atom. The monoisotopic (exact) mass is 475 g/mol. The van der Waals surface area contributed by atoms with Gasteiger partial charge in [-0.1, -0.05) is 0 Å². The maximum absolute atomic E-state index is 11.9. The van der Waals surface area contributed by atoms with Gasteiger partial charge < -0.3 is 21.3 Å². The highest BCUT2D eigenvalue weighted by Crippen LogP contribution is 2.26. The van der Waals surface area contributed by atoms with E-state index in [1.165, 1.54) is 18.0 Å². The van der Waals surface area contributed by atoms with Crippen LogP contribution in [0.5, 0.6) is 0 Å². The minimum Gasteiger partial charge on any atom is -0.367 e. The van der Waals surface area contributed by atoms with E-state index in [-0.39, 0.29) is 42.8 Å². The minimum absolute atomic E-state index is 0.00212. The fourth-order valence-electron chi connectivity index (χ4n) is 2.89. The van der Waals surface area contributed by atoms with Crippen molar-refractivity contribution in [2.45, 2.75) is 25.8 Å². The topological polar surface area (TPSA) is 168 Å². The summed E-state index contributed by atoms with van der Waals surface area (Å²) in [5.41, 5.74) is 6.73. The third-order valence-electron chi connectivity index (χ3n) is 4.96. The molecule has 4 N–H and O–H groups in total. The molecular weight excluding hydrogens is 450 g/mol. The maximum Gasteiger partial charge on any atom is 0.254 e. The SMILES string of the molecule is CCS(=O)(=O)N(C=O)CCN(C=O)c1ccc(Nc2ncc(C(N)=O)c(NC3CC3)n2)cc1. The van der Waals surface area contributed by atoms with Crippen molar-refractivity contribution in [2.75, 3.05) is 34.4 Å². The molecule has 0 bridgehead atoms. The quantitative estimate of drug-likeness (QED) is 0.353. The number of rotatable bonds is 13. The van der Waals surface area contributed by atoms with Crippen molar-refractivity contribution in [2.24, 2.45) is 5.73 Å². The van der Waals surface area contributed by atoms with E-state index in [9.17, 15) is 22.8 Å². The number of benzene rings is 1. The van der Waals surface area contributed by atoms with E-state index in [0.29, 0.717) is 27.9 Å². The maximum atomic E-state index is 11.9. The highest BCUT2D eigenvalue weighted by Gasteiger charge is 2.24. The van der Waals surface area contributed by atoms with Crippen molar-refractivity contribution < 1.29 is 22.8 Å². The molecule has 0 saturated heterocycles. The van der Waals surface area contributed by atoms with Gasteiger partial charge in [-0.3, -0.25) is 14.4 Å². The predicted molar refractivity (Wildman–Crippen MR) is 123 cm³/mol. The average molecular weight is 476 g/mol. The Morgan fingerprint density at radius 2 is 1.88 bits per heavy atom. The second-order valence-electron chi connectivity index (χ2n) is 7.33. The van der Waals surface area contributed by atoms with Crippen LogP contribution in [0.2, 0.25) is 0 Å². The van der Waals surface area contributed by atoms with Crippen LogP contribution in [0.3, 0.4) is 0 Å². The summed E-state index contributed by atoms with van der Waals surface area (Å²) in [7, 11) is -3.69. The summed E-state index contributed by atoms with van der Waals surface area (Å²) < 4.78 is 24.4. The first-order valence-corrected chi connectivity index (χ1v) is 11.9. The van der Waals surface area contributed by atoms with Crippen molar-refractivity contribution in [3.63, 3.8) is 0 Å². The number of hydrogen-bond donors (Lipinski definition) is 3. The zero-order valence-corrected chi connectivity index (χ0v) is 18.8. The summed E-state index contributed by atoms with van der Waals surface area (Å²) in [6.45, 7) is 1.28. The molecule has 2 aromatic rings. The van der Waals surface area contributed by atoms with E-state index in [1.54, 1.807) is 24.3 Å². The molecule has 0 atom stereocenters. The third kappa shape index (κ3) is 6.16. The van der Waals surface area contributed by atoms with Gasteiger partial charge in [0, 0.05) is 30.2 Å². The van der Waals surface area contributed by atoms with Crippen molar-refractivity contribution >= 4 is 51.9 Å². The molecule has 1 aliphatic rings. The molecular formula is C20H25N7O5S. The Balaban J connectivity index is 1.68. The van der Waals surface area contributed by atoms with Gasteiger partial charge in [0.25, 0.3) is 5.91 Å². The number of anilines is 4. The van der Waals surface area contributed by atoms with Crippen LogP contribution in [-0.2, 0) is 19.6 Å². The third-order valence-corrected chi connectivity index (χ3v) is 6.67. The molecule has 1 saturated carbocycles. The van der Waals surface area contributed by atoms with E-state index in [0.717, 1.165) is 12.8 Å². The Kier molecular flexibility index (Phi) is 7.43. The lowest BCUT2D eigenvalue weighted by atomic mass is 10.2. The predicted octanol–water partition coefficient (Wildman–Crippen LogP) is 0.664. The molecule has 0 radical (unpaired) electrons. The normalized spacial score (nSPS) is 13.1. The number of carbonyl (C=O) groups is 3. The van der Waals surface area contributed by atoms with Gasteiger partial charge in [-0.15, -0.1) is 0 Å². The summed E-state index contributed by atoms with van der Waals surface area (Å²) in [6.07, 6.45) is 4.15. The lowest BCUT2D eigenvalue weighted by molar-refractivity contribution is -0.114. The van der Waals surface area contributed by atoms with Gasteiger partial charge in [0.05, 0.1) is 17.9 Å². The Bertz CT molecular complexity index is 1120. The van der Waals surface area contributed by atoms with Crippen LogP contribution >= 0.6 is 0 Å². The van der Waals surface area contributed by atoms with Crippen molar-refractivity contribution in [3.8, 4) is 0 Å². The van der Waals surface area contributed by atoms with Gasteiger partial charge in [0.1, 0.15) is 5.82 Å². The van der Waals surface area contributed by atoms with Crippen LogP contribution in [-0.4, -0.2) is 66.3 Å². The molecule has 3 amide bonds. The first-order valence-electron chi connectivity index (χ1n) is 10.2. The standard InChI is InChI=1S/C20H25N7O5S/c1-2-33(31,32)27(13-29)10-9-26(12-28)16-7-5-15(6-8-16)24-20-22-11-17(18(21)30)19(25-20)23-14-3-4-14/h5-8,11-14H,2-4,9-10H2,1H3,(H2,21,30)(H2,22,23,24,25). The van der Waals surface area contributed by atoms with Gasteiger partial charge in [0.2, 0.25) is 28.8 Å². The second-order valence-corrected chi connectivity index (χ2v) is 9.54. The molecule has 3 rings (SSSR count). The number of aromatic nitrogens is 2. The molecule has 176 valence electrons. The van der Waals surface area contributed by atoms with E-state index < -0.39 is 15.9 Å². The van der Waals surface area contributed by atoms with E-state index in [1.807, 2.05) is 0 Å². The number of sulfonamides is 1. The fraction of sp³-hybridized carbons (Fsp3) is 0.350. The zero-order valence-electron chi connectivity index (χ0n) is 18.0. The Morgan fingerprint density at radius 1 is 1.18 bits per heavy atom. The lowest BCUT2D eigenvalue weighted by Gasteiger charge is -2.22. The summed E-state index contributed by atoms with van der Waals surface area (Å²) in [5, 5.41) is 6.18. The molecule has 1 aromatic carbocycles.